The van der Waals surface area contributed by atoms with Crippen molar-refractivity contribution in [3.05, 3.63) is 101 Å². The van der Waals surface area contributed by atoms with Gasteiger partial charge in [0.2, 0.25) is 5.90 Å². The molecular weight excluding hydrogens is 640 g/mol. The number of ether oxygens (including phenoxy) is 2. The van der Waals surface area contributed by atoms with Gasteiger partial charge in [0.15, 0.2) is 5.70 Å². The Morgan fingerprint density at radius 2 is 1.74 bits per heavy atom. The monoisotopic (exact) mass is 655 g/mol. The number of esters is 1. The molecule has 0 unspecified atom stereocenters. The van der Waals surface area contributed by atoms with Gasteiger partial charge >= 0.3 is 5.97 Å². The summed E-state index contributed by atoms with van der Waals surface area (Å²) in [5, 5.41) is 0.698. The van der Waals surface area contributed by atoms with Crippen LogP contribution in [0, 0.1) is 14.1 Å². The predicted molar refractivity (Wildman–Crippen MR) is 139 cm³/mol. The first-order valence-electron chi connectivity index (χ1n) is 9.35. The summed E-state index contributed by atoms with van der Waals surface area (Å²) in [5.74, 6) is 0.685. The molecule has 0 atom stereocenters. The fourth-order valence-corrected chi connectivity index (χ4v) is 5.29. The highest BCUT2D eigenvalue weighted by molar-refractivity contribution is 14.1. The normalized spacial score (nSPS) is 14.5. The highest BCUT2D eigenvalue weighted by atomic mass is 127. The Bertz CT molecular complexity index is 1200. The number of hydrogen-bond donors (Lipinski definition) is 0. The van der Waals surface area contributed by atoms with Crippen LogP contribution in [-0.2, 0) is 16.1 Å². The maximum atomic E-state index is 12.4. The lowest BCUT2D eigenvalue weighted by Gasteiger charge is -2.11. The zero-order valence-electron chi connectivity index (χ0n) is 16.4. The summed E-state index contributed by atoms with van der Waals surface area (Å²) >= 11 is 10.4. The van der Waals surface area contributed by atoms with Gasteiger partial charge in [0.1, 0.15) is 12.4 Å². The molecular formula is C24H16ClI2NO3. The van der Waals surface area contributed by atoms with Crippen molar-refractivity contribution in [3.8, 4) is 5.75 Å². The zero-order chi connectivity index (χ0) is 22.0. The van der Waals surface area contributed by atoms with Gasteiger partial charge in [-0.05, 0) is 105 Å². The molecule has 0 aromatic heterocycles. The maximum absolute atomic E-state index is 12.4. The molecule has 0 spiro atoms. The van der Waals surface area contributed by atoms with Gasteiger partial charge < -0.3 is 9.47 Å². The smallest absolute Gasteiger partial charge is 0.363 e. The van der Waals surface area contributed by atoms with Gasteiger partial charge in [-0.1, -0.05) is 41.9 Å². The third-order valence-electron chi connectivity index (χ3n) is 4.62. The molecule has 0 N–H and O–H groups in total. The molecule has 156 valence electrons. The Kier molecular flexibility index (Phi) is 6.98. The van der Waals surface area contributed by atoms with E-state index in [4.69, 9.17) is 21.1 Å². The van der Waals surface area contributed by atoms with Crippen LogP contribution in [0.4, 0.5) is 0 Å². The lowest BCUT2D eigenvalue weighted by atomic mass is 10.1. The van der Waals surface area contributed by atoms with Gasteiger partial charge in [-0.25, -0.2) is 9.79 Å². The van der Waals surface area contributed by atoms with Crippen LogP contribution >= 0.6 is 56.8 Å². The number of carbonyl (C=O) groups excluding carboxylic acids is 1. The molecule has 0 bridgehead atoms. The van der Waals surface area contributed by atoms with E-state index in [1.165, 1.54) is 0 Å². The van der Waals surface area contributed by atoms with E-state index < -0.39 is 5.97 Å². The number of nitrogens with zero attached hydrogens (tertiary/aromatic N) is 1. The summed E-state index contributed by atoms with van der Waals surface area (Å²) in [6.07, 6.45) is 1.74. The number of cyclic esters (lactones) is 1. The first-order chi connectivity index (χ1) is 14.9. The summed E-state index contributed by atoms with van der Waals surface area (Å²) in [7, 11) is 0. The second-order valence-electron chi connectivity index (χ2n) is 6.88. The van der Waals surface area contributed by atoms with Gasteiger partial charge in [-0.3, -0.25) is 0 Å². The van der Waals surface area contributed by atoms with E-state index >= 15 is 0 Å². The van der Waals surface area contributed by atoms with Gasteiger partial charge in [0.05, 0.1) is 7.14 Å². The second-order valence-corrected chi connectivity index (χ2v) is 9.64. The topological polar surface area (TPSA) is 47.9 Å². The molecule has 0 amide bonds. The van der Waals surface area contributed by atoms with E-state index in [1.807, 2.05) is 67.6 Å². The van der Waals surface area contributed by atoms with Crippen LogP contribution in [0.2, 0.25) is 5.02 Å². The SMILES string of the molecule is Cc1ccccc1C1=N/C(=C\c2cc(I)c(OCc3ccc(Cl)cc3)c(I)c2)C(=O)O1. The van der Waals surface area contributed by atoms with Crippen molar-refractivity contribution in [2.24, 2.45) is 4.99 Å². The highest BCUT2D eigenvalue weighted by Gasteiger charge is 2.25. The Morgan fingerprint density at radius 1 is 1.06 bits per heavy atom. The summed E-state index contributed by atoms with van der Waals surface area (Å²) in [5.41, 5.74) is 3.99. The molecule has 3 aromatic rings. The molecule has 7 heteroatoms. The lowest BCUT2D eigenvalue weighted by Crippen LogP contribution is -2.06. The fourth-order valence-electron chi connectivity index (χ4n) is 3.03. The molecule has 0 saturated heterocycles. The van der Waals surface area contributed by atoms with Gasteiger partial charge in [0.25, 0.3) is 0 Å². The van der Waals surface area contributed by atoms with Crippen molar-refractivity contribution in [3.63, 3.8) is 0 Å². The van der Waals surface area contributed by atoms with E-state index in [1.54, 1.807) is 6.08 Å². The van der Waals surface area contributed by atoms with Crippen molar-refractivity contribution in [1.82, 2.24) is 0 Å². The largest absolute Gasteiger partial charge is 0.487 e. The average Bonchev–Trinajstić information content (AvgIpc) is 3.09. The highest BCUT2D eigenvalue weighted by Crippen LogP contribution is 2.31. The minimum Gasteiger partial charge on any atom is -0.487 e. The van der Waals surface area contributed by atoms with Gasteiger partial charge in [0, 0.05) is 10.6 Å². The molecule has 1 heterocycles. The zero-order valence-corrected chi connectivity index (χ0v) is 21.4. The van der Waals surface area contributed by atoms with Crippen molar-refractivity contribution in [2.75, 3.05) is 0 Å². The van der Waals surface area contributed by atoms with Crippen molar-refractivity contribution in [2.45, 2.75) is 13.5 Å². The average molecular weight is 656 g/mol. The number of aliphatic imine (C=N–C) groups is 1. The first-order valence-corrected chi connectivity index (χ1v) is 11.9. The Morgan fingerprint density at radius 3 is 2.42 bits per heavy atom. The Labute approximate surface area is 212 Å². The van der Waals surface area contributed by atoms with E-state index in [2.05, 4.69) is 50.2 Å². The molecule has 31 heavy (non-hydrogen) atoms. The van der Waals surface area contributed by atoms with Crippen LogP contribution in [0.15, 0.2) is 71.4 Å². The standard InChI is InChI=1S/C24H16ClI2NO3/c1-14-4-2-3-5-18(14)23-28-21(24(29)31-23)12-16-10-19(26)22(20(27)11-16)30-13-15-6-8-17(25)9-7-15/h2-12H,13H2,1H3/b21-12-. The summed E-state index contributed by atoms with van der Waals surface area (Å²) in [6, 6.07) is 19.2. The number of hydrogen-bond acceptors (Lipinski definition) is 4. The summed E-state index contributed by atoms with van der Waals surface area (Å²) in [6.45, 7) is 2.40. The third kappa shape index (κ3) is 5.30. The van der Waals surface area contributed by atoms with Crippen LogP contribution < -0.4 is 4.74 Å². The molecule has 0 radical (unpaired) electrons. The van der Waals surface area contributed by atoms with Crippen LogP contribution in [0.5, 0.6) is 5.75 Å². The van der Waals surface area contributed by atoms with E-state index in [0.717, 1.165) is 35.1 Å². The molecule has 4 rings (SSSR count). The molecule has 0 aliphatic carbocycles. The van der Waals surface area contributed by atoms with E-state index in [9.17, 15) is 4.79 Å². The number of rotatable bonds is 5. The van der Waals surface area contributed by atoms with Crippen LogP contribution in [0.3, 0.4) is 0 Å². The number of aryl methyl sites for hydroxylation is 1. The van der Waals surface area contributed by atoms with Gasteiger partial charge in [-0.15, -0.1) is 0 Å². The Balaban J connectivity index is 1.56. The quantitative estimate of drug-likeness (QED) is 0.173. The van der Waals surface area contributed by atoms with Crippen molar-refractivity contribution in [1.29, 1.82) is 0 Å². The molecule has 0 saturated carbocycles. The number of carbonyl (C=O) groups is 1. The predicted octanol–water partition coefficient (Wildman–Crippen LogP) is 6.78. The summed E-state index contributed by atoms with van der Waals surface area (Å²) < 4.78 is 13.3. The lowest BCUT2D eigenvalue weighted by molar-refractivity contribution is -0.129. The first kappa shape index (κ1) is 22.3. The Hall–Kier alpha value is -1.91. The number of halogens is 3. The number of benzene rings is 3. The van der Waals surface area contributed by atoms with Crippen LogP contribution in [-0.4, -0.2) is 11.9 Å². The molecule has 1 aliphatic rings. The van der Waals surface area contributed by atoms with Crippen molar-refractivity contribution < 1.29 is 14.3 Å². The second kappa shape index (κ2) is 9.70. The van der Waals surface area contributed by atoms with Crippen LogP contribution in [0.25, 0.3) is 6.08 Å². The van der Waals surface area contributed by atoms with Crippen molar-refractivity contribution >= 4 is 74.7 Å². The van der Waals surface area contributed by atoms with E-state index in [0.29, 0.717) is 17.5 Å². The minimum absolute atomic E-state index is 0.277. The fraction of sp³-hybridized carbons (Fsp3) is 0.0833. The third-order valence-corrected chi connectivity index (χ3v) is 6.47. The maximum Gasteiger partial charge on any atom is 0.363 e. The summed E-state index contributed by atoms with van der Waals surface area (Å²) in [4.78, 5) is 16.8. The minimum atomic E-state index is -0.452. The molecule has 4 nitrogen and oxygen atoms in total. The molecule has 0 fully saturated rings. The van der Waals surface area contributed by atoms with Gasteiger partial charge in [-0.2, -0.15) is 0 Å². The molecule has 3 aromatic carbocycles. The van der Waals surface area contributed by atoms with Crippen LogP contribution in [0.1, 0.15) is 22.3 Å². The van der Waals surface area contributed by atoms with E-state index in [-0.39, 0.29) is 5.70 Å². The molecule has 1 aliphatic heterocycles.